The molecule has 1 rings (SSSR count). The Morgan fingerprint density at radius 3 is 2.94 bits per heavy atom. The van der Waals surface area contributed by atoms with Gasteiger partial charge in [-0.2, -0.15) is 0 Å². The monoisotopic (exact) mass is 255 g/mol. The van der Waals surface area contributed by atoms with E-state index in [1.54, 1.807) is 7.11 Å². The van der Waals surface area contributed by atoms with E-state index in [0.29, 0.717) is 13.2 Å². The van der Waals surface area contributed by atoms with Crippen molar-refractivity contribution in [2.75, 3.05) is 38.8 Å². The number of nitrogens with zero attached hydrogens (tertiary/aromatic N) is 2. The molecule has 0 bridgehead atoms. The first-order chi connectivity index (χ1) is 8.88. The second-order valence-corrected chi connectivity index (χ2v) is 4.18. The summed E-state index contributed by atoms with van der Waals surface area (Å²) in [6.07, 6.45) is 7.13. The van der Waals surface area contributed by atoms with E-state index < -0.39 is 0 Å². The first kappa shape index (κ1) is 15.0. The quantitative estimate of drug-likeness (QED) is 0.615. The second-order valence-electron chi connectivity index (χ2n) is 4.18. The van der Waals surface area contributed by atoms with Gasteiger partial charge in [0.2, 0.25) is 5.95 Å². The zero-order chi connectivity index (χ0) is 13.1. The zero-order valence-corrected chi connectivity index (χ0v) is 11.5. The molecular formula is C13H25N3O2. The average molecular weight is 255 g/mol. The summed E-state index contributed by atoms with van der Waals surface area (Å²) < 4.78 is 12.5. The Bertz CT molecular complexity index is 302. The van der Waals surface area contributed by atoms with E-state index >= 15 is 0 Å². The van der Waals surface area contributed by atoms with Gasteiger partial charge in [0, 0.05) is 39.2 Å². The minimum Gasteiger partial charge on any atom is -0.382 e. The van der Waals surface area contributed by atoms with Crippen molar-refractivity contribution < 1.29 is 9.47 Å². The summed E-state index contributed by atoms with van der Waals surface area (Å²) >= 11 is 0. The highest BCUT2D eigenvalue weighted by Crippen LogP contribution is 2.05. The molecule has 104 valence electrons. The van der Waals surface area contributed by atoms with Crippen molar-refractivity contribution in [2.45, 2.75) is 32.7 Å². The summed E-state index contributed by atoms with van der Waals surface area (Å²) in [6.45, 7) is 6.28. The lowest BCUT2D eigenvalue weighted by atomic mass is 10.3. The average Bonchev–Trinajstić information content (AvgIpc) is 2.81. The van der Waals surface area contributed by atoms with Gasteiger partial charge in [-0.15, -0.1) is 0 Å². The van der Waals surface area contributed by atoms with Crippen LogP contribution in [0.3, 0.4) is 0 Å². The van der Waals surface area contributed by atoms with Crippen LogP contribution >= 0.6 is 0 Å². The van der Waals surface area contributed by atoms with Gasteiger partial charge in [0.15, 0.2) is 0 Å². The van der Waals surface area contributed by atoms with Crippen molar-refractivity contribution in [1.82, 2.24) is 9.55 Å². The molecule has 1 aromatic rings. The fraction of sp³-hybridized carbons (Fsp3) is 0.769. The third-order valence-electron chi connectivity index (χ3n) is 2.61. The highest BCUT2D eigenvalue weighted by Gasteiger charge is 1.99. The highest BCUT2D eigenvalue weighted by molar-refractivity contribution is 5.25. The van der Waals surface area contributed by atoms with Gasteiger partial charge >= 0.3 is 0 Å². The van der Waals surface area contributed by atoms with Gasteiger partial charge in [0.05, 0.1) is 13.2 Å². The molecule has 18 heavy (non-hydrogen) atoms. The predicted molar refractivity (Wildman–Crippen MR) is 72.9 cm³/mol. The summed E-state index contributed by atoms with van der Waals surface area (Å²) in [6, 6.07) is 0. The molecule has 0 radical (unpaired) electrons. The smallest absolute Gasteiger partial charge is 0.202 e. The third kappa shape index (κ3) is 6.02. The molecule has 1 heterocycles. The maximum absolute atomic E-state index is 5.40. The van der Waals surface area contributed by atoms with Crippen molar-refractivity contribution in [2.24, 2.45) is 0 Å². The summed E-state index contributed by atoms with van der Waals surface area (Å²) in [5.74, 6) is 0.970. The standard InChI is InChI=1S/C13H25N3O2/c1-3-8-16-9-7-15-13(16)14-6-4-5-10-18-12-11-17-2/h7,9H,3-6,8,10-12H2,1-2H3,(H,14,15). The van der Waals surface area contributed by atoms with E-state index in [-0.39, 0.29) is 0 Å². The number of anilines is 1. The molecule has 0 atom stereocenters. The van der Waals surface area contributed by atoms with Crippen LogP contribution in [0.15, 0.2) is 12.4 Å². The van der Waals surface area contributed by atoms with Crippen molar-refractivity contribution >= 4 is 5.95 Å². The van der Waals surface area contributed by atoms with E-state index in [0.717, 1.165) is 44.9 Å². The number of hydrogen-bond acceptors (Lipinski definition) is 4. The molecule has 0 saturated carbocycles. The van der Waals surface area contributed by atoms with E-state index in [2.05, 4.69) is 21.8 Å². The molecule has 0 aliphatic rings. The molecule has 0 fully saturated rings. The third-order valence-corrected chi connectivity index (χ3v) is 2.61. The minimum absolute atomic E-state index is 0.673. The Kier molecular flexibility index (Phi) is 8.25. The molecule has 0 aliphatic carbocycles. The number of unbranched alkanes of at least 4 members (excludes halogenated alkanes) is 1. The van der Waals surface area contributed by atoms with E-state index in [1.807, 2.05) is 12.4 Å². The largest absolute Gasteiger partial charge is 0.382 e. The molecular weight excluding hydrogens is 230 g/mol. The Morgan fingerprint density at radius 2 is 2.17 bits per heavy atom. The Labute approximate surface area is 109 Å². The molecule has 0 unspecified atom stereocenters. The van der Waals surface area contributed by atoms with Crippen LogP contribution in [0.4, 0.5) is 5.95 Å². The second kappa shape index (κ2) is 9.91. The zero-order valence-electron chi connectivity index (χ0n) is 11.5. The van der Waals surface area contributed by atoms with Crippen LogP contribution in [0.1, 0.15) is 26.2 Å². The van der Waals surface area contributed by atoms with Gasteiger partial charge in [-0.05, 0) is 19.3 Å². The molecule has 0 amide bonds. The van der Waals surface area contributed by atoms with Crippen LogP contribution in [0.25, 0.3) is 0 Å². The van der Waals surface area contributed by atoms with Crippen LogP contribution in [0, 0.1) is 0 Å². The molecule has 0 saturated heterocycles. The number of methoxy groups -OCH3 is 1. The normalized spacial score (nSPS) is 10.8. The fourth-order valence-electron chi connectivity index (χ4n) is 1.67. The van der Waals surface area contributed by atoms with Gasteiger partial charge in [0.1, 0.15) is 0 Å². The minimum atomic E-state index is 0.673. The highest BCUT2D eigenvalue weighted by atomic mass is 16.5. The number of ether oxygens (including phenoxy) is 2. The maximum Gasteiger partial charge on any atom is 0.202 e. The summed E-state index contributed by atoms with van der Waals surface area (Å²) in [5.41, 5.74) is 0. The molecule has 1 N–H and O–H groups in total. The Balaban J connectivity index is 2.01. The number of imidazole rings is 1. The van der Waals surface area contributed by atoms with Crippen molar-refractivity contribution in [3.8, 4) is 0 Å². The van der Waals surface area contributed by atoms with E-state index in [1.165, 1.54) is 0 Å². The Morgan fingerprint density at radius 1 is 1.28 bits per heavy atom. The first-order valence-electron chi connectivity index (χ1n) is 6.70. The van der Waals surface area contributed by atoms with E-state index in [4.69, 9.17) is 9.47 Å². The van der Waals surface area contributed by atoms with Gasteiger partial charge in [-0.1, -0.05) is 6.92 Å². The SMILES string of the molecule is CCCn1ccnc1NCCCCOCCOC. The first-order valence-corrected chi connectivity index (χ1v) is 6.70. The molecule has 1 aromatic heterocycles. The van der Waals surface area contributed by atoms with Gasteiger partial charge < -0.3 is 19.4 Å². The number of aromatic nitrogens is 2. The van der Waals surface area contributed by atoms with Crippen LogP contribution in [-0.4, -0.2) is 43.0 Å². The molecule has 5 nitrogen and oxygen atoms in total. The summed E-state index contributed by atoms with van der Waals surface area (Å²) in [5, 5.41) is 3.35. The van der Waals surface area contributed by atoms with Crippen molar-refractivity contribution in [1.29, 1.82) is 0 Å². The van der Waals surface area contributed by atoms with E-state index in [9.17, 15) is 0 Å². The van der Waals surface area contributed by atoms with Crippen LogP contribution in [0.5, 0.6) is 0 Å². The topological polar surface area (TPSA) is 48.3 Å². The summed E-state index contributed by atoms with van der Waals surface area (Å²) in [7, 11) is 1.69. The molecule has 0 spiro atoms. The molecule has 0 aromatic carbocycles. The predicted octanol–water partition coefficient (Wildman–Crippen LogP) is 2.15. The Hall–Kier alpha value is -1.07. The molecule has 0 aliphatic heterocycles. The lowest BCUT2D eigenvalue weighted by Crippen LogP contribution is -2.10. The number of rotatable bonds is 11. The van der Waals surface area contributed by atoms with Gasteiger partial charge in [-0.3, -0.25) is 0 Å². The lowest BCUT2D eigenvalue weighted by Gasteiger charge is -2.08. The number of hydrogen-bond donors (Lipinski definition) is 1. The van der Waals surface area contributed by atoms with Crippen LogP contribution < -0.4 is 5.32 Å². The van der Waals surface area contributed by atoms with Crippen LogP contribution in [0.2, 0.25) is 0 Å². The van der Waals surface area contributed by atoms with Crippen LogP contribution in [-0.2, 0) is 16.0 Å². The molecule has 5 heteroatoms. The fourth-order valence-corrected chi connectivity index (χ4v) is 1.67. The van der Waals surface area contributed by atoms with Gasteiger partial charge in [-0.25, -0.2) is 4.98 Å². The lowest BCUT2D eigenvalue weighted by molar-refractivity contribution is 0.0691. The number of nitrogens with one attached hydrogen (secondary N) is 1. The number of aryl methyl sites for hydroxylation is 1. The maximum atomic E-state index is 5.40. The van der Waals surface area contributed by atoms with Crippen molar-refractivity contribution in [3.63, 3.8) is 0 Å². The van der Waals surface area contributed by atoms with Gasteiger partial charge in [0.25, 0.3) is 0 Å². The van der Waals surface area contributed by atoms with Crippen molar-refractivity contribution in [3.05, 3.63) is 12.4 Å². The summed E-state index contributed by atoms with van der Waals surface area (Å²) in [4.78, 5) is 4.30.